The number of carbonyl (C=O) groups is 2. The molecule has 1 aromatic heterocycles. The van der Waals surface area contributed by atoms with Gasteiger partial charge in [0.15, 0.2) is 5.13 Å². The van der Waals surface area contributed by atoms with E-state index in [0.717, 1.165) is 10.6 Å². The predicted molar refractivity (Wildman–Crippen MR) is 82.6 cm³/mol. The van der Waals surface area contributed by atoms with E-state index in [2.05, 4.69) is 15.6 Å². The number of nitrogens with one attached hydrogen (secondary N) is 2. The first-order valence-electron chi connectivity index (χ1n) is 5.91. The molecule has 0 saturated heterocycles. The van der Waals surface area contributed by atoms with Crippen LogP contribution in [0.15, 0.2) is 18.2 Å². The number of hydrogen-bond donors (Lipinski definition) is 3. The molecule has 6 nitrogen and oxygen atoms in total. The molecule has 0 radical (unpaired) electrons. The molecular formula is C13H12ClN3O3S. The van der Waals surface area contributed by atoms with Gasteiger partial charge in [-0.1, -0.05) is 11.6 Å². The maximum absolute atomic E-state index is 11.8. The molecule has 2 amide bonds. The lowest BCUT2D eigenvalue weighted by atomic mass is 10.2. The Morgan fingerprint density at radius 2 is 2.00 bits per heavy atom. The zero-order valence-corrected chi connectivity index (χ0v) is 12.8. The number of nitrogens with zero attached hydrogens (tertiary/aromatic N) is 1. The normalized spacial score (nSPS) is 10.2. The molecule has 110 valence electrons. The second-order valence-electron chi connectivity index (χ2n) is 4.24. The molecular weight excluding hydrogens is 314 g/mol. The molecule has 0 aliphatic rings. The number of halogens is 1. The second-order valence-corrected chi connectivity index (χ2v) is 5.85. The molecule has 0 aliphatic heterocycles. The number of benzene rings is 1. The molecule has 0 unspecified atom stereocenters. The maximum atomic E-state index is 11.8. The molecule has 3 N–H and O–H groups in total. The first kappa shape index (κ1) is 15.3. The molecule has 1 heterocycles. The number of carboxylic acid groups (broad SMARTS) is 1. The molecule has 0 aliphatic carbocycles. The Labute approximate surface area is 129 Å². The van der Waals surface area contributed by atoms with Gasteiger partial charge in [-0.05, 0) is 32.0 Å². The summed E-state index contributed by atoms with van der Waals surface area (Å²) in [6.07, 6.45) is 0. The molecule has 0 fully saturated rings. The summed E-state index contributed by atoms with van der Waals surface area (Å²) >= 11 is 7.21. The Morgan fingerprint density at radius 3 is 2.52 bits per heavy atom. The Kier molecular flexibility index (Phi) is 4.44. The summed E-state index contributed by atoms with van der Waals surface area (Å²) in [5, 5.41) is 14.6. The van der Waals surface area contributed by atoms with Gasteiger partial charge in [-0.2, -0.15) is 0 Å². The van der Waals surface area contributed by atoms with Crippen molar-refractivity contribution in [3.8, 4) is 0 Å². The quantitative estimate of drug-likeness (QED) is 0.801. The Morgan fingerprint density at radius 1 is 1.29 bits per heavy atom. The number of thiazole rings is 1. The molecule has 0 saturated carbocycles. The highest BCUT2D eigenvalue weighted by Gasteiger charge is 2.11. The van der Waals surface area contributed by atoms with Gasteiger partial charge in [0.25, 0.3) is 0 Å². The summed E-state index contributed by atoms with van der Waals surface area (Å²) in [4.78, 5) is 27.9. The third kappa shape index (κ3) is 3.71. The van der Waals surface area contributed by atoms with Crippen molar-refractivity contribution < 1.29 is 14.7 Å². The van der Waals surface area contributed by atoms with Gasteiger partial charge < -0.3 is 10.4 Å². The number of aromatic carboxylic acids is 1. The summed E-state index contributed by atoms with van der Waals surface area (Å²) < 4.78 is 0. The number of aromatic nitrogens is 1. The van der Waals surface area contributed by atoms with Gasteiger partial charge in [0.1, 0.15) is 0 Å². The fourth-order valence-electron chi connectivity index (χ4n) is 1.55. The number of anilines is 2. The van der Waals surface area contributed by atoms with E-state index in [1.54, 1.807) is 0 Å². The minimum Gasteiger partial charge on any atom is -0.478 e. The van der Waals surface area contributed by atoms with E-state index in [4.69, 9.17) is 16.7 Å². The first-order valence-corrected chi connectivity index (χ1v) is 7.11. The molecule has 8 heteroatoms. The third-order valence-corrected chi connectivity index (χ3v) is 4.01. The van der Waals surface area contributed by atoms with Crippen LogP contribution in [0.5, 0.6) is 0 Å². The molecule has 0 spiro atoms. The van der Waals surface area contributed by atoms with Crippen molar-refractivity contribution in [3.05, 3.63) is 39.4 Å². The van der Waals surface area contributed by atoms with Crippen molar-refractivity contribution in [3.63, 3.8) is 0 Å². The molecule has 2 rings (SSSR count). The van der Waals surface area contributed by atoms with Crippen molar-refractivity contribution in [1.29, 1.82) is 0 Å². The van der Waals surface area contributed by atoms with Crippen LogP contribution >= 0.6 is 22.9 Å². The van der Waals surface area contributed by atoms with Crippen LogP contribution in [-0.4, -0.2) is 22.1 Å². The molecule has 1 aromatic carbocycles. The third-order valence-electron chi connectivity index (χ3n) is 2.71. The fourth-order valence-corrected chi connectivity index (χ4v) is 2.62. The van der Waals surface area contributed by atoms with Gasteiger partial charge in [0.05, 0.1) is 16.3 Å². The highest BCUT2D eigenvalue weighted by Crippen LogP contribution is 2.23. The number of carbonyl (C=O) groups excluding carboxylic acids is 1. The van der Waals surface area contributed by atoms with Gasteiger partial charge in [0.2, 0.25) is 0 Å². The van der Waals surface area contributed by atoms with Crippen molar-refractivity contribution in [2.24, 2.45) is 0 Å². The average Bonchev–Trinajstić information content (AvgIpc) is 2.67. The van der Waals surface area contributed by atoms with E-state index in [9.17, 15) is 9.59 Å². The van der Waals surface area contributed by atoms with Gasteiger partial charge in [0, 0.05) is 10.6 Å². The highest BCUT2D eigenvalue weighted by atomic mass is 35.5. The smallest absolute Gasteiger partial charge is 0.337 e. The predicted octanol–water partition coefficient (Wildman–Crippen LogP) is 3.76. The average molecular weight is 326 g/mol. The van der Waals surface area contributed by atoms with Crippen LogP contribution in [0.25, 0.3) is 0 Å². The SMILES string of the molecule is Cc1nc(NC(=O)Nc2ccc(C(=O)O)c(Cl)c2)sc1C. The molecule has 21 heavy (non-hydrogen) atoms. The Balaban J connectivity index is 2.06. The van der Waals surface area contributed by atoms with Crippen LogP contribution < -0.4 is 10.6 Å². The zero-order chi connectivity index (χ0) is 15.6. The van der Waals surface area contributed by atoms with E-state index in [1.165, 1.54) is 29.5 Å². The van der Waals surface area contributed by atoms with E-state index < -0.39 is 12.0 Å². The monoisotopic (exact) mass is 325 g/mol. The molecule has 0 bridgehead atoms. The largest absolute Gasteiger partial charge is 0.478 e. The van der Waals surface area contributed by atoms with Gasteiger partial charge in [-0.3, -0.25) is 5.32 Å². The zero-order valence-electron chi connectivity index (χ0n) is 11.2. The summed E-state index contributed by atoms with van der Waals surface area (Å²) in [5.41, 5.74) is 1.24. The summed E-state index contributed by atoms with van der Waals surface area (Å²) in [7, 11) is 0. The number of urea groups is 1. The highest BCUT2D eigenvalue weighted by molar-refractivity contribution is 7.15. The fraction of sp³-hybridized carbons (Fsp3) is 0.154. The summed E-state index contributed by atoms with van der Waals surface area (Å²) in [5.74, 6) is -1.12. The lowest BCUT2D eigenvalue weighted by molar-refractivity contribution is 0.0697. The number of amides is 2. The molecule has 0 atom stereocenters. The topological polar surface area (TPSA) is 91.3 Å². The van der Waals surface area contributed by atoms with Gasteiger partial charge in [-0.15, -0.1) is 11.3 Å². The van der Waals surface area contributed by atoms with Crippen LogP contribution in [0.1, 0.15) is 20.9 Å². The van der Waals surface area contributed by atoms with Gasteiger partial charge in [-0.25, -0.2) is 14.6 Å². The van der Waals surface area contributed by atoms with Crippen molar-refractivity contribution in [2.45, 2.75) is 13.8 Å². The van der Waals surface area contributed by atoms with Crippen LogP contribution in [0.2, 0.25) is 5.02 Å². The van der Waals surface area contributed by atoms with E-state index >= 15 is 0 Å². The number of aryl methyl sites for hydroxylation is 2. The molecule has 2 aromatic rings. The van der Waals surface area contributed by atoms with E-state index in [0.29, 0.717) is 10.8 Å². The standard InChI is InChI=1S/C13H12ClN3O3S/c1-6-7(2)21-13(15-6)17-12(20)16-8-3-4-9(11(18)19)10(14)5-8/h3-5H,1-2H3,(H,18,19)(H2,15,16,17,20). The Bertz CT molecular complexity index is 695. The summed E-state index contributed by atoms with van der Waals surface area (Å²) in [6, 6.07) is 3.71. The van der Waals surface area contributed by atoms with Crippen LogP contribution in [0.3, 0.4) is 0 Å². The van der Waals surface area contributed by atoms with Crippen molar-refractivity contribution >= 4 is 45.8 Å². The summed E-state index contributed by atoms with van der Waals surface area (Å²) in [6.45, 7) is 3.78. The van der Waals surface area contributed by atoms with Crippen LogP contribution in [0, 0.1) is 13.8 Å². The number of hydrogen-bond acceptors (Lipinski definition) is 4. The van der Waals surface area contributed by atoms with Crippen LogP contribution in [0.4, 0.5) is 15.6 Å². The Hall–Kier alpha value is -2.12. The van der Waals surface area contributed by atoms with Crippen LogP contribution in [-0.2, 0) is 0 Å². The minimum atomic E-state index is -1.12. The van der Waals surface area contributed by atoms with Gasteiger partial charge >= 0.3 is 12.0 Å². The van der Waals surface area contributed by atoms with E-state index in [1.807, 2.05) is 13.8 Å². The maximum Gasteiger partial charge on any atom is 0.337 e. The van der Waals surface area contributed by atoms with Crippen molar-refractivity contribution in [2.75, 3.05) is 10.6 Å². The first-order chi connectivity index (χ1) is 9.86. The van der Waals surface area contributed by atoms with Crippen molar-refractivity contribution in [1.82, 2.24) is 4.98 Å². The minimum absolute atomic E-state index is 0.0196. The van der Waals surface area contributed by atoms with E-state index in [-0.39, 0.29) is 10.6 Å². The number of rotatable bonds is 3. The lowest BCUT2D eigenvalue weighted by Gasteiger charge is -2.07. The lowest BCUT2D eigenvalue weighted by Crippen LogP contribution is -2.19. The number of carboxylic acids is 1. The second kappa shape index (κ2) is 6.11.